The molecule has 0 radical (unpaired) electrons. The van der Waals surface area contributed by atoms with Crippen LogP contribution in [0.2, 0.25) is 5.02 Å². The molecule has 0 saturated carbocycles. The molecule has 26 heavy (non-hydrogen) atoms. The van der Waals surface area contributed by atoms with Gasteiger partial charge in [-0.3, -0.25) is 4.98 Å². The monoisotopic (exact) mass is 406 g/mol. The van der Waals surface area contributed by atoms with Crippen LogP contribution in [0, 0.1) is 5.82 Å². The molecule has 2 heterocycles. The quantitative estimate of drug-likeness (QED) is 0.513. The van der Waals surface area contributed by atoms with Gasteiger partial charge in [-0.15, -0.1) is 11.3 Å². The number of aryl methyl sites for hydroxylation is 1. The van der Waals surface area contributed by atoms with Crippen molar-refractivity contribution < 1.29 is 4.39 Å². The first kappa shape index (κ1) is 17.6. The minimum Gasteiger partial charge on any atom is -0.377 e. The highest BCUT2D eigenvalue weighted by atomic mass is 35.5. The SMILES string of the molecule is Fc1cc(NC2CCCc3cnccc32)c(Cl)cc1SNc1nccs1. The number of thiazole rings is 1. The Kier molecular flexibility index (Phi) is 5.28. The molecule has 8 heteroatoms. The summed E-state index contributed by atoms with van der Waals surface area (Å²) in [6, 6.07) is 5.24. The van der Waals surface area contributed by atoms with Crippen molar-refractivity contribution >= 4 is 45.7 Å². The highest BCUT2D eigenvalue weighted by Gasteiger charge is 2.21. The lowest BCUT2D eigenvalue weighted by Gasteiger charge is -2.27. The van der Waals surface area contributed by atoms with Gasteiger partial charge in [0.15, 0.2) is 5.13 Å². The molecule has 4 rings (SSSR count). The Morgan fingerprint density at radius 2 is 2.23 bits per heavy atom. The second-order valence-electron chi connectivity index (χ2n) is 5.97. The summed E-state index contributed by atoms with van der Waals surface area (Å²) in [6.45, 7) is 0. The van der Waals surface area contributed by atoms with E-state index in [-0.39, 0.29) is 11.9 Å². The summed E-state index contributed by atoms with van der Waals surface area (Å²) in [6.07, 6.45) is 8.49. The van der Waals surface area contributed by atoms with Crippen molar-refractivity contribution in [1.29, 1.82) is 0 Å². The van der Waals surface area contributed by atoms with Crippen molar-refractivity contribution in [2.45, 2.75) is 30.2 Å². The highest BCUT2D eigenvalue weighted by Crippen LogP contribution is 2.37. The number of nitrogens with zero attached hydrogens (tertiary/aromatic N) is 2. The molecule has 0 fully saturated rings. The highest BCUT2D eigenvalue weighted by molar-refractivity contribution is 8.00. The minimum atomic E-state index is -0.322. The minimum absolute atomic E-state index is 0.116. The van der Waals surface area contributed by atoms with Crippen LogP contribution >= 0.6 is 34.9 Å². The Balaban J connectivity index is 1.52. The lowest BCUT2D eigenvalue weighted by atomic mass is 9.89. The van der Waals surface area contributed by atoms with Crippen LogP contribution in [0.15, 0.2) is 47.1 Å². The normalized spacial score (nSPS) is 16.2. The fraction of sp³-hybridized carbons (Fsp3) is 0.222. The topological polar surface area (TPSA) is 49.8 Å². The number of hydrogen-bond acceptors (Lipinski definition) is 6. The molecule has 2 aromatic heterocycles. The molecule has 134 valence electrons. The number of hydrogen-bond donors (Lipinski definition) is 2. The van der Waals surface area contributed by atoms with Crippen LogP contribution < -0.4 is 10.0 Å². The Morgan fingerprint density at radius 3 is 3.08 bits per heavy atom. The van der Waals surface area contributed by atoms with Crippen LogP contribution in [0.3, 0.4) is 0 Å². The van der Waals surface area contributed by atoms with E-state index in [2.05, 4.69) is 20.0 Å². The molecule has 0 aliphatic heterocycles. The van der Waals surface area contributed by atoms with Gasteiger partial charge in [0.25, 0.3) is 0 Å². The summed E-state index contributed by atoms with van der Waals surface area (Å²) < 4.78 is 17.5. The van der Waals surface area contributed by atoms with E-state index < -0.39 is 0 Å². The number of anilines is 2. The van der Waals surface area contributed by atoms with Gasteiger partial charge in [0.1, 0.15) is 5.82 Å². The molecule has 1 unspecified atom stereocenters. The van der Waals surface area contributed by atoms with Crippen LogP contribution in [-0.4, -0.2) is 9.97 Å². The maximum atomic E-state index is 14.5. The first-order chi connectivity index (χ1) is 12.7. The molecule has 0 amide bonds. The first-order valence-electron chi connectivity index (χ1n) is 8.21. The average molecular weight is 407 g/mol. The fourth-order valence-corrected chi connectivity index (χ4v) is 4.62. The zero-order valence-electron chi connectivity index (χ0n) is 13.7. The Morgan fingerprint density at radius 1 is 1.31 bits per heavy atom. The number of fused-ring (bicyclic) bond motifs is 1. The number of pyridine rings is 1. The third-order valence-corrected chi connectivity index (χ3v) is 6.25. The third-order valence-electron chi connectivity index (χ3n) is 4.29. The second kappa shape index (κ2) is 7.82. The molecule has 0 spiro atoms. The standard InChI is InChI=1S/C18H16ClFN4S2/c19-13-8-17(26-24-18-22-6-7-25-18)14(20)9-16(13)23-15-3-1-2-11-10-21-5-4-12(11)15/h4-10,15,23H,1-3H2,(H,22,24). The fourth-order valence-electron chi connectivity index (χ4n) is 3.07. The van der Waals surface area contributed by atoms with E-state index in [1.165, 1.54) is 28.5 Å². The lowest BCUT2D eigenvalue weighted by Crippen LogP contribution is -2.17. The predicted octanol–water partition coefficient (Wildman–Crippen LogP) is 5.94. The molecular weight excluding hydrogens is 391 g/mol. The number of rotatable bonds is 5. The molecule has 1 aliphatic carbocycles. The van der Waals surface area contributed by atoms with Crippen LogP contribution in [0.25, 0.3) is 0 Å². The van der Waals surface area contributed by atoms with Gasteiger partial charge in [0.2, 0.25) is 0 Å². The molecule has 0 bridgehead atoms. The number of benzene rings is 1. The van der Waals surface area contributed by atoms with Gasteiger partial charge in [-0.2, -0.15) is 0 Å². The number of nitrogens with one attached hydrogen (secondary N) is 2. The molecule has 4 nitrogen and oxygen atoms in total. The van der Waals surface area contributed by atoms with E-state index in [1.807, 2.05) is 17.6 Å². The molecule has 2 N–H and O–H groups in total. The van der Waals surface area contributed by atoms with E-state index in [0.29, 0.717) is 15.6 Å². The molecule has 1 aliphatic rings. The third kappa shape index (κ3) is 3.79. The number of aromatic nitrogens is 2. The van der Waals surface area contributed by atoms with Gasteiger partial charge in [-0.25, -0.2) is 9.37 Å². The van der Waals surface area contributed by atoms with Gasteiger partial charge in [0, 0.05) is 24.0 Å². The van der Waals surface area contributed by atoms with E-state index in [1.54, 1.807) is 18.5 Å². The summed E-state index contributed by atoms with van der Waals surface area (Å²) in [4.78, 5) is 8.74. The number of halogens is 2. The summed E-state index contributed by atoms with van der Waals surface area (Å²) in [5, 5.41) is 6.48. The van der Waals surface area contributed by atoms with Gasteiger partial charge in [-0.1, -0.05) is 11.6 Å². The van der Waals surface area contributed by atoms with Gasteiger partial charge < -0.3 is 10.0 Å². The Bertz CT molecular complexity index is 904. The Labute approximate surface area is 164 Å². The zero-order valence-corrected chi connectivity index (χ0v) is 16.1. The largest absolute Gasteiger partial charge is 0.377 e. The maximum Gasteiger partial charge on any atom is 0.192 e. The van der Waals surface area contributed by atoms with Crippen molar-refractivity contribution in [1.82, 2.24) is 9.97 Å². The van der Waals surface area contributed by atoms with Gasteiger partial charge >= 0.3 is 0 Å². The first-order valence-corrected chi connectivity index (χ1v) is 10.3. The van der Waals surface area contributed by atoms with E-state index >= 15 is 0 Å². The Hall–Kier alpha value is -1.83. The van der Waals surface area contributed by atoms with Gasteiger partial charge in [0.05, 0.1) is 21.6 Å². The van der Waals surface area contributed by atoms with Crippen molar-refractivity contribution in [3.8, 4) is 0 Å². The van der Waals surface area contributed by atoms with E-state index in [0.717, 1.165) is 36.3 Å². The molecule has 3 aromatic rings. The van der Waals surface area contributed by atoms with Gasteiger partial charge in [-0.05, 0) is 60.5 Å². The van der Waals surface area contributed by atoms with E-state index in [4.69, 9.17) is 11.6 Å². The van der Waals surface area contributed by atoms with Crippen LogP contribution in [0.4, 0.5) is 15.2 Å². The molecule has 1 aromatic carbocycles. The zero-order chi connectivity index (χ0) is 17.9. The van der Waals surface area contributed by atoms with Crippen LogP contribution in [0.5, 0.6) is 0 Å². The van der Waals surface area contributed by atoms with Crippen LogP contribution in [-0.2, 0) is 6.42 Å². The second-order valence-corrected chi connectivity index (χ2v) is 8.12. The average Bonchev–Trinajstić information content (AvgIpc) is 3.17. The molecule has 1 atom stereocenters. The maximum absolute atomic E-state index is 14.5. The van der Waals surface area contributed by atoms with Crippen molar-refractivity contribution in [3.63, 3.8) is 0 Å². The predicted molar refractivity (Wildman–Crippen MR) is 107 cm³/mol. The van der Waals surface area contributed by atoms with Crippen molar-refractivity contribution in [2.75, 3.05) is 10.0 Å². The smallest absolute Gasteiger partial charge is 0.192 e. The van der Waals surface area contributed by atoms with Crippen molar-refractivity contribution in [3.05, 3.63) is 64.1 Å². The summed E-state index contributed by atoms with van der Waals surface area (Å²) >= 11 is 9.03. The summed E-state index contributed by atoms with van der Waals surface area (Å²) in [5.74, 6) is -0.322. The van der Waals surface area contributed by atoms with E-state index in [9.17, 15) is 4.39 Å². The summed E-state index contributed by atoms with van der Waals surface area (Å²) in [5.41, 5.74) is 3.07. The van der Waals surface area contributed by atoms with Crippen molar-refractivity contribution in [2.24, 2.45) is 0 Å². The molecular formula is C18H16ClFN4S2. The van der Waals surface area contributed by atoms with Crippen LogP contribution in [0.1, 0.15) is 30.0 Å². The molecule has 0 saturated heterocycles. The lowest BCUT2D eigenvalue weighted by molar-refractivity contribution is 0.590. The summed E-state index contributed by atoms with van der Waals surface area (Å²) in [7, 11) is 0.